The number of rotatable bonds is 2. The highest BCUT2D eigenvalue weighted by molar-refractivity contribution is 14.1. The number of nitrogens with zero attached hydrogens (tertiary/aromatic N) is 5. The van der Waals surface area contributed by atoms with Gasteiger partial charge >= 0.3 is 0 Å². The van der Waals surface area contributed by atoms with Crippen molar-refractivity contribution >= 4 is 40.0 Å². The molecule has 0 aliphatic heterocycles. The summed E-state index contributed by atoms with van der Waals surface area (Å²) in [6, 6.07) is 0. The van der Waals surface area contributed by atoms with Crippen molar-refractivity contribution in [2.75, 3.05) is 6.26 Å². The van der Waals surface area contributed by atoms with Crippen LogP contribution in [0.15, 0.2) is 29.8 Å². The lowest BCUT2D eigenvalue weighted by Crippen LogP contribution is -1.95. The van der Waals surface area contributed by atoms with Crippen LogP contribution in [-0.4, -0.2) is 30.4 Å². The zero-order valence-corrected chi connectivity index (χ0v) is 12.8. The smallest absolute Gasteiger partial charge is 0.170 e. The molecule has 18 heavy (non-hydrogen) atoms. The summed E-state index contributed by atoms with van der Waals surface area (Å²) < 4.78 is 4.81. The summed E-state index contributed by atoms with van der Waals surface area (Å²) in [6.07, 6.45) is 9.69. The van der Waals surface area contributed by atoms with Crippen molar-refractivity contribution in [1.29, 1.82) is 0 Å². The molecule has 0 fully saturated rings. The average molecular weight is 371 g/mol. The van der Waals surface area contributed by atoms with E-state index in [1.807, 2.05) is 38.1 Å². The molecule has 0 aromatic carbocycles. The highest BCUT2D eigenvalue weighted by atomic mass is 127. The van der Waals surface area contributed by atoms with Gasteiger partial charge in [0.1, 0.15) is 8.73 Å². The van der Waals surface area contributed by atoms with Gasteiger partial charge in [0, 0.05) is 25.0 Å². The van der Waals surface area contributed by atoms with Crippen molar-refractivity contribution in [3.8, 4) is 11.3 Å². The fourth-order valence-corrected chi connectivity index (χ4v) is 3.04. The van der Waals surface area contributed by atoms with E-state index in [0.717, 1.165) is 25.6 Å². The van der Waals surface area contributed by atoms with Crippen LogP contribution in [0.25, 0.3) is 16.9 Å². The molecule has 0 spiro atoms. The third kappa shape index (κ3) is 1.91. The van der Waals surface area contributed by atoms with E-state index < -0.39 is 0 Å². The van der Waals surface area contributed by atoms with E-state index in [1.54, 1.807) is 16.4 Å². The van der Waals surface area contributed by atoms with E-state index >= 15 is 0 Å². The van der Waals surface area contributed by atoms with Gasteiger partial charge in [0.2, 0.25) is 0 Å². The van der Waals surface area contributed by atoms with Crippen LogP contribution in [0.4, 0.5) is 0 Å². The number of thioether (sulfide) groups is 1. The minimum atomic E-state index is 0.891. The molecule has 7 heteroatoms. The number of aryl methyl sites for hydroxylation is 1. The van der Waals surface area contributed by atoms with Gasteiger partial charge in [0.15, 0.2) is 5.65 Å². The minimum Gasteiger partial charge on any atom is -0.295 e. The lowest BCUT2D eigenvalue weighted by Gasteiger charge is -2.03. The Morgan fingerprint density at radius 3 is 2.78 bits per heavy atom. The number of imidazole rings is 1. The predicted molar refractivity (Wildman–Crippen MR) is 79.7 cm³/mol. The normalized spacial score (nSPS) is 11.3. The van der Waals surface area contributed by atoms with Crippen molar-refractivity contribution in [3.63, 3.8) is 0 Å². The van der Waals surface area contributed by atoms with Crippen LogP contribution >= 0.6 is 34.4 Å². The Morgan fingerprint density at radius 1 is 1.28 bits per heavy atom. The first kappa shape index (κ1) is 12.0. The summed E-state index contributed by atoms with van der Waals surface area (Å²) in [6.45, 7) is 0. The first-order valence-corrected chi connectivity index (χ1v) is 7.56. The van der Waals surface area contributed by atoms with E-state index in [-0.39, 0.29) is 0 Å². The second kappa shape index (κ2) is 4.54. The molecule has 3 rings (SSSR count). The van der Waals surface area contributed by atoms with Crippen molar-refractivity contribution in [3.05, 3.63) is 28.5 Å². The summed E-state index contributed by atoms with van der Waals surface area (Å²) in [5, 5.41) is 5.14. The summed E-state index contributed by atoms with van der Waals surface area (Å²) in [4.78, 5) is 8.93. The predicted octanol–water partition coefficient (Wildman–Crippen LogP) is 2.46. The fourth-order valence-electron chi connectivity index (χ4n) is 1.84. The molecule has 0 amide bonds. The molecule has 5 nitrogen and oxygen atoms in total. The van der Waals surface area contributed by atoms with Crippen LogP contribution in [0.5, 0.6) is 0 Å². The van der Waals surface area contributed by atoms with Gasteiger partial charge in [-0.2, -0.15) is 5.10 Å². The quantitative estimate of drug-likeness (QED) is 0.513. The van der Waals surface area contributed by atoms with Crippen molar-refractivity contribution < 1.29 is 0 Å². The Kier molecular flexibility index (Phi) is 3.02. The Morgan fingerprint density at radius 2 is 2.11 bits per heavy atom. The van der Waals surface area contributed by atoms with Gasteiger partial charge in [-0.3, -0.25) is 9.08 Å². The lowest BCUT2D eigenvalue weighted by atomic mass is 10.3. The molecule has 0 bridgehead atoms. The maximum absolute atomic E-state index is 4.48. The monoisotopic (exact) mass is 371 g/mol. The van der Waals surface area contributed by atoms with Crippen LogP contribution in [0.1, 0.15) is 0 Å². The molecular formula is C11H10IN5S. The molecule has 0 atom stereocenters. The first-order chi connectivity index (χ1) is 8.69. The Bertz CT molecular complexity index is 717. The van der Waals surface area contributed by atoms with Gasteiger partial charge in [-0.15, -0.1) is 11.8 Å². The molecule has 0 saturated carbocycles. The minimum absolute atomic E-state index is 0.891. The molecule has 0 unspecified atom stereocenters. The van der Waals surface area contributed by atoms with Crippen LogP contribution in [-0.2, 0) is 7.05 Å². The van der Waals surface area contributed by atoms with E-state index in [9.17, 15) is 0 Å². The largest absolute Gasteiger partial charge is 0.295 e. The second-order valence-corrected chi connectivity index (χ2v) is 5.71. The van der Waals surface area contributed by atoms with Gasteiger partial charge in [0.05, 0.1) is 18.1 Å². The highest BCUT2D eigenvalue weighted by Gasteiger charge is 2.12. The number of hydrogen-bond acceptors (Lipinski definition) is 4. The molecule has 0 saturated heterocycles. The molecule has 0 N–H and O–H groups in total. The summed E-state index contributed by atoms with van der Waals surface area (Å²) >= 11 is 3.83. The fraction of sp³-hybridized carbons (Fsp3) is 0.182. The molecule has 3 heterocycles. The molecule has 3 aromatic rings. The maximum Gasteiger partial charge on any atom is 0.170 e. The van der Waals surface area contributed by atoms with Crippen LogP contribution < -0.4 is 0 Å². The Hall–Kier alpha value is -1.09. The van der Waals surface area contributed by atoms with Crippen molar-refractivity contribution in [2.24, 2.45) is 7.05 Å². The van der Waals surface area contributed by atoms with Gasteiger partial charge in [-0.25, -0.2) is 9.97 Å². The first-order valence-electron chi connectivity index (χ1n) is 5.25. The van der Waals surface area contributed by atoms with Gasteiger partial charge < -0.3 is 0 Å². The van der Waals surface area contributed by atoms with E-state index in [2.05, 4.69) is 42.1 Å². The van der Waals surface area contributed by atoms with Gasteiger partial charge in [-0.05, 0) is 28.8 Å². The van der Waals surface area contributed by atoms with E-state index in [1.165, 1.54) is 0 Å². The molecular weight excluding hydrogens is 361 g/mol. The second-order valence-electron chi connectivity index (χ2n) is 3.81. The summed E-state index contributed by atoms with van der Waals surface area (Å²) in [7, 11) is 1.91. The zero-order chi connectivity index (χ0) is 12.7. The standard InChI is InChI=1S/C11H10IN5S/c1-16-5-7(3-14-16)8-4-13-10-11(18-2)15-9(12)6-17(8)10/h3-6H,1-2H3. The average Bonchev–Trinajstić information content (AvgIpc) is 2.93. The molecule has 0 aliphatic rings. The maximum atomic E-state index is 4.48. The topological polar surface area (TPSA) is 48.0 Å². The Labute approximate surface area is 122 Å². The third-order valence-corrected chi connectivity index (χ3v) is 3.81. The van der Waals surface area contributed by atoms with Crippen molar-refractivity contribution in [2.45, 2.75) is 5.03 Å². The lowest BCUT2D eigenvalue weighted by molar-refractivity contribution is 0.768. The SMILES string of the molecule is CSc1nc(I)cn2c(-c3cnn(C)c3)cnc12. The number of fused-ring (bicyclic) bond motifs is 1. The van der Waals surface area contributed by atoms with Gasteiger partial charge in [-0.1, -0.05) is 0 Å². The number of aromatic nitrogens is 5. The van der Waals surface area contributed by atoms with Crippen LogP contribution in [0.2, 0.25) is 0 Å². The third-order valence-electron chi connectivity index (χ3n) is 2.63. The van der Waals surface area contributed by atoms with Gasteiger partial charge in [0.25, 0.3) is 0 Å². The molecule has 3 aromatic heterocycles. The van der Waals surface area contributed by atoms with E-state index in [0.29, 0.717) is 0 Å². The summed E-state index contributed by atoms with van der Waals surface area (Å²) in [5.41, 5.74) is 2.98. The molecule has 0 aliphatic carbocycles. The van der Waals surface area contributed by atoms with E-state index in [4.69, 9.17) is 0 Å². The van der Waals surface area contributed by atoms with Crippen molar-refractivity contribution in [1.82, 2.24) is 24.1 Å². The highest BCUT2D eigenvalue weighted by Crippen LogP contribution is 2.25. The molecule has 92 valence electrons. The Balaban J connectivity index is 2.28. The van der Waals surface area contributed by atoms with Crippen LogP contribution in [0.3, 0.4) is 0 Å². The molecule has 0 radical (unpaired) electrons. The number of hydrogen-bond donors (Lipinski definition) is 0. The summed E-state index contributed by atoms with van der Waals surface area (Å²) in [5.74, 6) is 0. The number of halogens is 1. The zero-order valence-electron chi connectivity index (χ0n) is 9.83. The van der Waals surface area contributed by atoms with Crippen LogP contribution in [0, 0.1) is 3.70 Å².